The molecule has 84 valence electrons. The van der Waals surface area contributed by atoms with Gasteiger partial charge in [0.2, 0.25) is 6.04 Å². The third kappa shape index (κ3) is 2.95. The van der Waals surface area contributed by atoms with E-state index < -0.39 is 17.8 Å². The molecule has 1 atom stereocenters. The van der Waals surface area contributed by atoms with Crippen LogP contribution in [0.2, 0.25) is 0 Å². The van der Waals surface area contributed by atoms with Crippen molar-refractivity contribution in [3.05, 3.63) is 29.6 Å². The molecule has 0 heterocycles. The number of esters is 1. The number of rotatable bonds is 3. The number of hydrogen-bond donors (Lipinski definition) is 1. The predicted molar refractivity (Wildman–Crippen MR) is 56.2 cm³/mol. The molecule has 1 N–H and O–H groups in total. The third-order valence-corrected chi connectivity index (χ3v) is 1.92. The minimum absolute atomic E-state index is 0.370. The van der Waals surface area contributed by atoms with E-state index >= 15 is 0 Å². The summed E-state index contributed by atoms with van der Waals surface area (Å²) in [5.41, 5.74) is 1.07. The highest BCUT2D eigenvalue weighted by molar-refractivity contribution is 5.82. The molecule has 0 bridgehead atoms. The molecule has 1 aromatic rings. The standard InChI is InChI=1S/C11H11FN2O2/c1-7-3-8(12)5-9(4-7)14-10(6-13)11(15)16-2/h3-5,10,14H,1-2H3. The minimum atomic E-state index is -1.13. The van der Waals surface area contributed by atoms with Crippen LogP contribution in [0.25, 0.3) is 0 Å². The van der Waals surface area contributed by atoms with Crippen molar-refractivity contribution < 1.29 is 13.9 Å². The summed E-state index contributed by atoms with van der Waals surface area (Å²) in [6.45, 7) is 1.72. The molecule has 1 aromatic carbocycles. The lowest BCUT2D eigenvalue weighted by Gasteiger charge is -2.11. The summed E-state index contributed by atoms with van der Waals surface area (Å²) in [6.07, 6.45) is 0. The molecular formula is C11H11FN2O2. The normalized spacial score (nSPS) is 11.4. The van der Waals surface area contributed by atoms with Crippen LogP contribution in [0, 0.1) is 24.1 Å². The molecular weight excluding hydrogens is 211 g/mol. The SMILES string of the molecule is COC(=O)C(C#N)Nc1cc(C)cc(F)c1. The van der Waals surface area contributed by atoms with Crippen LogP contribution < -0.4 is 5.32 Å². The van der Waals surface area contributed by atoms with Crippen LogP contribution in [0.15, 0.2) is 18.2 Å². The largest absolute Gasteiger partial charge is 0.467 e. The number of hydrogen-bond acceptors (Lipinski definition) is 4. The highest BCUT2D eigenvalue weighted by atomic mass is 19.1. The van der Waals surface area contributed by atoms with Crippen molar-refractivity contribution in [3.8, 4) is 6.07 Å². The van der Waals surface area contributed by atoms with Crippen LogP contribution in [0.3, 0.4) is 0 Å². The second kappa shape index (κ2) is 5.12. The molecule has 0 saturated carbocycles. The van der Waals surface area contributed by atoms with E-state index in [-0.39, 0.29) is 0 Å². The van der Waals surface area contributed by atoms with Crippen molar-refractivity contribution >= 4 is 11.7 Å². The monoisotopic (exact) mass is 222 g/mol. The van der Waals surface area contributed by atoms with Crippen LogP contribution in [0.1, 0.15) is 5.56 Å². The summed E-state index contributed by atoms with van der Waals surface area (Å²) >= 11 is 0. The molecule has 1 unspecified atom stereocenters. The Labute approximate surface area is 92.6 Å². The van der Waals surface area contributed by atoms with Crippen LogP contribution in [0.5, 0.6) is 0 Å². The first-order valence-electron chi connectivity index (χ1n) is 4.58. The average Bonchev–Trinajstić information content (AvgIpc) is 2.23. The van der Waals surface area contributed by atoms with E-state index in [2.05, 4.69) is 10.1 Å². The van der Waals surface area contributed by atoms with Gasteiger partial charge in [0.05, 0.1) is 13.2 Å². The number of aryl methyl sites for hydroxylation is 1. The van der Waals surface area contributed by atoms with E-state index in [1.807, 2.05) is 0 Å². The summed E-state index contributed by atoms with van der Waals surface area (Å²) in [4.78, 5) is 11.1. The van der Waals surface area contributed by atoms with Gasteiger partial charge in [-0.25, -0.2) is 9.18 Å². The zero-order valence-corrected chi connectivity index (χ0v) is 8.95. The van der Waals surface area contributed by atoms with Crippen LogP contribution >= 0.6 is 0 Å². The van der Waals surface area contributed by atoms with Gasteiger partial charge in [-0.3, -0.25) is 0 Å². The highest BCUT2D eigenvalue weighted by Gasteiger charge is 2.18. The van der Waals surface area contributed by atoms with E-state index in [0.717, 1.165) is 0 Å². The third-order valence-electron chi connectivity index (χ3n) is 1.92. The van der Waals surface area contributed by atoms with E-state index in [1.54, 1.807) is 19.1 Å². The molecule has 4 nitrogen and oxygen atoms in total. The first-order chi connectivity index (χ1) is 7.56. The Balaban J connectivity index is 2.87. The van der Waals surface area contributed by atoms with Gasteiger partial charge in [0.15, 0.2) is 0 Å². The second-order valence-electron chi connectivity index (χ2n) is 3.25. The summed E-state index contributed by atoms with van der Waals surface area (Å²) in [5, 5.41) is 11.3. The number of carbonyl (C=O) groups is 1. The molecule has 0 amide bonds. The van der Waals surface area contributed by atoms with Crippen molar-refractivity contribution in [1.29, 1.82) is 5.26 Å². The number of ether oxygens (including phenoxy) is 1. The van der Waals surface area contributed by atoms with Gasteiger partial charge in [0.25, 0.3) is 0 Å². The molecule has 16 heavy (non-hydrogen) atoms. The number of nitriles is 1. The zero-order chi connectivity index (χ0) is 12.1. The smallest absolute Gasteiger partial charge is 0.343 e. The molecule has 0 fully saturated rings. The van der Waals surface area contributed by atoms with Crippen molar-refractivity contribution in [2.24, 2.45) is 0 Å². The number of carbonyl (C=O) groups excluding carboxylic acids is 1. The lowest BCUT2D eigenvalue weighted by atomic mass is 10.2. The zero-order valence-electron chi connectivity index (χ0n) is 8.95. The van der Waals surface area contributed by atoms with Crippen LogP contribution in [0.4, 0.5) is 10.1 Å². The quantitative estimate of drug-likeness (QED) is 0.789. The average molecular weight is 222 g/mol. The Morgan fingerprint density at radius 3 is 2.75 bits per heavy atom. The fourth-order valence-electron chi connectivity index (χ4n) is 1.25. The maximum absolute atomic E-state index is 13.0. The summed E-state index contributed by atoms with van der Waals surface area (Å²) in [7, 11) is 1.19. The Hall–Kier alpha value is -2.09. The first kappa shape index (κ1) is 12.0. The van der Waals surface area contributed by atoms with Crippen molar-refractivity contribution in [3.63, 3.8) is 0 Å². The number of nitrogens with zero attached hydrogens (tertiary/aromatic N) is 1. The highest BCUT2D eigenvalue weighted by Crippen LogP contribution is 2.14. The number of halogens is 1. The molecule has 0 radical (unpaired) electrons. The van der Waals surface area contributed by atoms with Crippen molar-refractivity contribution in [1.82, 2.24) is 0 Å². The number of nitrogens with one attached hydrogen (secondary N) is 1. The Kier molecular flexibility index (Phi) is 3.84. The van der Waals surface area contributed by atoms with Crippen LogP contribution in [-0.4, -0.2) is 19.1 Å². The predicted octanol–water partition coefficient (Wildman–Crippen LogP) is 1.61. The molecule has 0 aromatic heterocycles. The van der Waals surface area contributed by atoms with Gasteiger partial charge in [0, 0.05) is 5.69 Å². The maximum atomic E-state index is 13.0. The second-order valence-corrected chi connectivity index (χ2v) is 3.25. The topological polar surface area (TPSA) is 62.1 Å². The van der Waals surface area contributed by atoms with E-state index in [0.29, 0.717) is 11.3 Å². The van der Waals surface area contributed by atoms with E-state index in [9.17, 15) is 9.18 Å². The van der Waals surface area contributed by atoms with E-state index in [1.165, 1.54) is 19.2 Å². The maximum Gasteiger partial charge on any atom is 0.343 e. The number of benzene rings is 1. The number of methoxy groups -OCH3 is 1. The number of anilines is 1. The van der Waals surface area contributed by atoms with Gasteiger partial charge in [-0.2, -0.15) is 5.26 Å². The Morgan fingerprint density at radius 1 is 1.56 bits per heavy atom. The van der Waals surface area contributed by atoms with Gasteiger partial charge < -0.3 is 10.1 Å². The molecule has 0 saturated heterocycles. The van der Waals surface area contributed by atoms with Crippen LogP contribution in [-0.2, 0) is 9.53 Å². The van der Waals surface area contributed by atoms with Gasteiger partial charge >= 0.3 is 5.97 Å². The summed E-state index contributed by atoms with van der Waals surface area (Å²) < 4.78 is 17.4. The Bertz CT molecular complexity index is 420. The fraction of sp³-hybridized carbons (Fsp3) is 0.273. The fourth-order valence-corrected chi connectivity index (χ4v) is 1.25. The Morgan fingerprint density at radius 2 is 2.25 bits per heavy atom. The van der Waals surface area contributed by atoms with Gasteiger partial charge in [-0.15, -0.1) is 0 Å². The van der Waals surface area contributed by atoms with Gasteiger partial charge in [-0.05, 0) is 30.7 Å². The first-order valence-corrected chi connectivity index (χ1v) is 4.58. The molecule has 0 spiro atoms. The lowest BCUT2D eigenvalue weighted by molar-refractivity contribution is -0.140. The van der Waals surface area contributed by atoms with Gasteiger partial charge in [0.1, 0.15) is 5.82 Å². The summed E-state index contributed by atoms with van der Waals surface area (Å²) in [5.74, 6) is -1.13. The molecule has 1 rings (SSSR count). The minimum Gasteiger partial charge on any atom is -0.467 e. The van der Waals surface area contributed by atoms with Crippen molar-refractivity contribution in [2.45, 2.75) is 13.0 Å². The van der Waals surface area contributed by atoms with Crippen molar-refractivity contribution in [2.75, 3.05) is 12.4 Å². The summed E-state index contributed by atoms with van der Waals surface area (Å²) in [6, 6.07) is 4.79. The lowest BCUT2D eigenvalue weighted by Crippen LogP contribution is -2.28. The molecule has 5 heteroatoms. The molecule has 0 aliphatic carbocycles. The van der Waals surface area contributed by atoms with E-state index in [4.69, 9.17) is 5.26 Å². The molecule has 0 aliphatic heterocycles. The van der Waals surface area contributed by atoms with Gasteiger partial charge in [-0.1, -0.05) is 0 Å². The molecule has 0 aliphatic rings.